The molecule has 0 spiro atoms. The highest BCUT2D eigenvalue weighted by molar-refractivity contribution is 5.93. The normalized spacial score (nSPS) is 31.5. The number of hydrogen-bond donors (Lipinski definition) is 3. The molecule has 28 heavy (non-hydrogen) atoms. The van der Waals surface area contributed by atoms with Crippen LogP contribution in [0.2, 0.25) is 0 Å². The molecule has 1 aromatic rings. The SMILES string of the molecule is CC(C)[C@@H](NC(=O)Nc1ccccc1)C(=O)NCC12CC3CC(CC(C3)C1)C2. The van der Waals surface area contributed by atoms with Crippen LogP contribution in [0.5, 0.6) is 0 Å². The number of hydrogen-bond acceptors (Lipinski definition) is 2. The van der Waals surface area contributed by atoms with Crippen molar-refractivity contribution in [1.82, 2.24) is 10.6 Å². The molecular formula is C23H33N3O2. The average molecular weight is 384 g/mol. The highest BCUT2D eigenvalue weighted by Crippen LogP contribution is 2.59. The van der Waals surface area contributed by atoms with Gasteiger partial charge in [-0.05, 0) is 79.7 Å². The van der Waals surface area contributed by atoms with Gasteiger partial charge in [0.2, 0.25) is 5.91 Å². The molecule has 5 nitrogen and oxygen atoms in total. The molecule has 4 fully saturated rings. The van der Waals surface area contributed by atoms with E-state index in [0.29, 0.717) is 5.41 Å². The molecule has 4 bridgehead atoms. The number of urea groups is 1. The lowest BCUT2D eigenvalue weighted by Crippen LogP contribution is -2.55. The second-order valence-electron chi connectivity index (χ2n) is 9.82. The van der Waals surface area contributed by atoms with Gasteiger partial charge in [0.25, 0.3) is 0 Å². The molecule has 4 saturated carbocycles. The third kappa shape index (κ3) is 4.18. The number of nitrogens with one attached hydrogen (secondary N) is 3. The van der Waals surface area contributed by atoms with E-state index in [-0.39, 0.29) is 17.9 Å². The fraction of sp³-hybridized carbons (Fsp3) is 0.652. The molecule has 0 radical (unpaired) electrons. The monoisotopic (exact) mass is 383 g/mol. The summed E-state index contributed by atoms with van der Waals surface area (Å²) in [5.74, 6) is 2.59. The molecule has 0 saturated heterocycles. The lowest BCUT2D eigenvalue weighted by Gasteiger charge is -2.57. The Morgan fingerprint density at radius 1 is 1.00 bits per heavy atom. The molecule has 4 aliphatic carbocycles. The maximum absolute atomic E-state index is 12.9. The third-order valence-corrected chi connectivity index (χ3v) is 7.07. The van der Waals surface area contributed by atoms with E-state index in [1.165, 1.54) is 38.5 Å². The molecule has 0 heterocycles. The first-order chi connectivity index (χ1) is 13.4. The average Bonchev–Trinajstić information content (AvgIpc) is 2.64. The highest BCUT2D eigenvalue weighted by atomic mass is 16.2. The van der Waals surface area contributed by atoms with Crippen molar-refractivity contribution in [1.29, 1.82) is 0 Å². The van der Waals surface area contributed by atoms with Crippen molar-refractivity contribution >= 4 is 17.6 Å². The molecule has 1 aromatic carbocycles. The topological polar surface area (TPSA) is 70.2 Å². The smallest absolute Gasteiger partial charge is 0.319 e. The van der Waals surface area contributed by atoms with Crippen molar-refractivity contribution in [2.45, 2.75) is 58.4 Å². The summed E-state index contributed by atoms with van der Waals surface area (Å²) in [6, 6.07) is 8.43. The Balaban J connectivity index is 1.33. The van der Waals surface area contributed by atoms with Crippen molar-refractivity contribution in [3.8, 4) is 0 Å². The number of benzene rings is 1. The Bertz CT molecular complexity index is 681. The fourth-order valence-electron chi connectivity index (χ4n) is 6.26. The summed E-state index contributed by atoms with van der Waals surface area (Å²) in [7, 11) is 0. The van der Waals surface area contributed by atoms with Crippen LogP contribution in [0.1, 0.15) is 52.4 Å². The summed E-state index contributed by atoms with van der Waals surface area (Å²) < 4.78 is 0. The van der Waals surface area contributed by atoms with Gasteiger partial charge >= 0.3 is 6.03 Å². The third-order valence-electron chi connectivity index (χ3n) is 7.07. The van der Waals surface area contributed by atoms with Gasteiger partial charge in [0.1, 0.15) is 6.04 Å². The van der Waals surface area contributed by atoms with Gasteiger partial charge in [0.05, 0.1) is 0 Å². The number of carbonyl (C=O) groups excluding carboxylic acids is 2. The molecule has 3 N–H and O–H groups in total. The van der Waals surface area contributed by atoms with Gasteiger partial charge in [-0.15, -0.1) is 0 Å². The Morgan fingerprint density at radius 3 is 2.11 bits per heavy atom. The minimum Gasteiger partial charge on any atom is -0.354 e. The van der Waals surface area contributed by atoms with E-state index in [4.69, 9.17) is 0 Å². The predicted molar refractivity (Wildman–Crippen MR) is 111 cm³/mol. The van der Waals surface area contributed by atoms with E-state index < -0.39 is 6.04 Å². The van der Waals surface area contributed by atoms with Gasteiger partial charge < -0.3 is 16.0 Å². The largest absolute Gasteiger partial charge is 0.354 e. The van der Waals surface area contributed by atoms with E-state index >= 15 is 0 Å². The summed E-state index contributed by atoms with van der Waals surface area (Å²) in [5.41, 5.74) is 1.02. The van der Waals surface area contributed by atoms with E-state index in [1.807, 2.05) is 44.2 Å². The van der Waals surface area contributed by atoms with Crippen LogP contribution < -0.4 is 16.0 Å². The van der Waals surface area contributed by atoms with Crippen LogP contribution in [-0.4, -0.2) is 24.5 Å². The van der Waals surface area contributed by atoms with Crippen molar-refractivity contribution in [2.75, 3.05) is 11.9 Å². The molecule has 1 atom stereocenters. The van der Waals surface area contributed by atoms with Gasteiger partial charge in [-0.2, -0.15) is 0 Å². The number of amides is 3. The zero-order valence-electron chi connectivity index (χ0n) is 17.0. The summed E-state index contributed by atoms with van der Waals surface area (Å²) in [6.45, 7) is 4.70. The van der Waals surface area contributed by atoms with Crippen LogP contribution in [-0.2, 0) is 4.79 Å². The zero-order chi connectivity index (χ0) is 19.7. The Kier molecular flexibility index (Phi) is 5.35. The van der Waals surface area contributed by atoms with Crippen LogP contribution in [0.15, 0.2) is 30.3 Å². The van der Waals surface area contributed by atoms with Crippen molar-refractivity contribution in [2.24, 2.45) is 29.1 Å². The minimum atomic E-state index is -0.530. The van der Waals surface area contributed by atoms with Gasteiger partial charge in [0, 0.05) is 12.2 Å². The molecule has 4 aliphatic rings. The fourth-order valence-corrected chi connectivity index (χ4v) is 6.26. The van der Waals surface area contributed by atoms with Crippen molar-refractivity contribution in [3.63, 3.8) is 0 Å². The van der Waals surface area contributed by atoms with Crippen LogP contribution in [0.25, 0.3) is 0 Å². The second-order valence-corrected chi connectivity index (χ2v) is 9.82. The summed E-state index contributed by atoms with van der Waals surface area (Å²) in [6.07, 6.45) is 8.03. The number of carbonyl (C=O) groups is 2. The van der Waals surface area contributed by atoms with E-state index in [2.05, 4.69) is 16.0 Å². The van der Waals surface area contributed by atoms with E-state index in [9.17, 15) is 9.59 Å². The first-order valence-corrected chi connectivity index (χ1v) is 10.8. The first-order valence-electron chi connectivity index (χ1n) is 10.8. The van der Waals surface area contributed by atoms with E-state index in [1.54, 1.807) is 0 Å². The molecule has 3 amide bonds. The molecule has 152 valence electrons. The van der Waals surface area contributed by atoms with Gasteiger partial charge in [-0.1, -0.05) is 32.0 Å². The molecule has 0 aromatic heterocycles. The first kappa shape index (κ1) is 19.3. The maximum Gasteiger partial charge on any atom is 0.319 e. The van der Waals surface area contributed by atoms with Gasteiger partial charge in [-0.25, -0.2) is 4.79 Å². The van der Waals surface area contributed by atoms with Crippen LogP contribution in [0.3, 0.4) is 0 Å². The number of anilines is 1. The number of rotatable bonds is 6. The summed E-state index contributed by atoms with van der Waals surface area (Å²) in [4.78, 5) is 25.3. The predicted octanol–water partition coefficient (Wildman–Crippen LogP) is 4.17. The Labute approximate surface area is 168 Å². The Morgan fingerprint density at radius 2 is 1.57 bits per heavy atom. The lowest BCUT2D eigenvalue weighted by molar-refractivity contribution is -0.126. The number of para-hydroxylation sites is 1. The molecular weight excluding hydrogens is 350 g/mol. The maximum atomic E-state index is 12.9. The molecule has 5 heteroatoms. The van der Waals surface area contributed by atoms with Crippen LogP contribution >= 0.6 is 0 Å². The molecule has 0 aliphatic heterocycles. The van der Waals surface area contributed by atoms with Crippen molar-refractivity contribution < 1.29 is 9.59 Å². The molecule has 5 rings (SSSR count). The summed E-state index contributed by atoms with van der Waals surface area (Å²) >= 11 is 0. The van der Waals surface area contributed by atoms with Gasteiger partial charge in [0.15, 0.2) is 0 Å². The van der Waals surface area contributed by atoms with E-state index in [0.717, 1.165) is 30.0 Å². The zero-order valence-corrected chi connectivity index (χ0v) is 17.0. The molecule has 0 unspecified atom stereocenters. The minimum absolute atomic E-state index is 0.0258. The van der Waals surface area contributed by atoms with Gasteiger partial charge in [-0.3, -0.25) is 4.79 Å². The Hall–Kier alpha value is -2.04. The highest BCUT2D eigenvalue weighted by Gasteiger charge is 2.50. The van der Waals surface area contributed by atoms with Crippen molar-refractivity contribution in [3.05, 3.63) is 30.3 Å². The standard InChI is InChI=1S/C23H33N3O2/c1-15(2)20(26-22(28)25-19-6-4-3-5-7-19)21(27)24-14-23-11-16-8-17(12-23)10-18(9-16)13-23/h3-7,15-18,20H,8-14H2,1-2H3,(H,24,27)(H2,25,26,28)/t16?,17?,18?,20-,23?/m1/s1. The van der Waals surface area contributed by atoms with Crippen LogP contribution in [0.4, 0.5) is 10.5 Å². The lowest BCUT2D eigenvalue weighted by atomic mass is 9.49. The van der Waals surface area contributed by atoms with Crippen LogP contribution in [0, 0.1) is 29.1 Å². The summed E-state index contributed by atoms with van der Waals surface area (Å²) in [5, 5.41) is 8.87. The second kappa shape index (κ2) is 7.76. The quantitative estimate of drug-likeness (QED) is 0.690.